The Morgan fingerprint density at radius 3 is 2.68 bits per heavy atom. The number of hydrogen-bond acceptors (Lipinski definition) is 4. The molecule has 1 atom stereocenters. The zero-order valence-electron chi connectivity index (χ0n) is 12.3. The molecule has 0 aromatic heterocycles. The molecule has 1 aromatic carbocycles. The molecule has 0 radical (unpaired) electrons. The van der Waals surface area contributed by atoms with Gasteiger partial charge >= 0.3 is 5.97 Å². The van der Waals surface area contributed by atoms with Crippen molar-refractivity contribution in [3.8, 4) is 5.75 Å². The smallest absolute Gasteiger partial charge is 0.354 e. The van der Waals surface area contributed by atoms with Gasteiger partial charge in [-0.25, -0.2) is 4.79 Å². The van der Waals surface area contributed by atoms with Crippen LogP contribution >= 0.6 is 11.6 Å². The van der Waals surface area contributed by atoms with Gasteiger partial charge in [-0.2, -0.15) is 0 Å². The van der Waals surface area contributed by atoms with E-state index in [1.165, 1.54) is 7.11 Å². The van der Waals surface area contributed by atoms with E-state index < -0.39 is 11.6 Å². The summed E-state index contributed by atoms with van der Waals surface area (Å²) in [6.45, 7) is 0. The van der Waals surface area contributed by atoms with Crippen LogP contribution in [0.2, 0.25) is 0 Å². The summed E-state index contributed by atoms with van der Waals surface area (Å²) < 4.78 is 11.1. The maximum Gasteiger partial charge on any atom is 0.354 e. The number of para-hydroxylation sites is 1. The lowest BCUT2D eigenvalue weighted by atomic mass is 9.75. The van der Waals surface area contributed by atoms with Crippen molar-refractivity contribution in [3.63, 3.8) is 0 Å². The third-order valence-corrected chi connectivity index (χ3v) is 4.73. The molecule has 0 N–H and O–H groups in total. The van der Waals surface area contributed by atoms with Gasteiger partial charge < -0.3 is 9.47 Å². The Hall–Kier alpha value is -1.81. The monoisotopic (exact) mass is 320 g/mol. The van der Waals surface area contributed by atoms with E-state index in [0.29, 0.717) is 36.5 Å². The lowest BCUT2D eigenvalue weighted by molar-refractivity contribution is -0.161. The summed E-state index contributed by atoms with van der Waals surface area (Å²) >= 11 is 6.39. The Bertz CT molecular complexity index is 642. The first-order valence-electron chi connectivity index (χ1n) is 7.33. The van der Waals surface area contributed by atoms with Crippen LogP contribution in [0.4, 0.5) is 0 Å². The minimum atomic E-state index is -1.25. The molecule has 0 bridgehead atoms. The topological polar surface area (TPSA) is 52.6 Å². The van der Waals surface area contributed by atoms with Crippen molar-refractivity contribution in [2.75, 3.05) is 7.11 Å². The zero-order chi connectivity index (χ0) is 15.7. The number of ether oxygens (including phenoxy) is 2. The molecule has 1 aliphatic heterocycles. The van der Waals surface area contributed by atoms with Crippen LogP contribution in [0, 0.1) is 5.92 Å². The Labute approximate surface area is 134 Å². The molecule has 1 aromatic rings. The number of Topliss-reactive ketones (excluding diaryl/α,β-unsaturated/α-hetero) is 1. The van der Waals surface area contributed by atoms with Gasteiger partial charge in [0, 0.05) is 24.3 Å². The maximum absolute atomic E-state index is 12.5. The molecule has 0 amide bonds. The Balaban J connectivity index is 2.04. The Kier molecular flexibility index (Phi) is 3.96. The van der Waals surface area contributed by atoms with E-state index in [1.54, 1.807) is 12.1 Å². The average Bonchev–Trinajstić information content (AvgIpc) is 2.54. The van der Waals surface area contributed by atoms with Crippen LogP contribution in [-0.2, 0) is 14.3 Å². The van der Waals surface area contributed by atoms with Gasteiger partial charge in [-0.3, -0.25) is 4.79 Å². The number of fused-ring (bicyclic) bond motifs is 1. The average molecular weight is 321 g/mol. The maximum atomic E-state index is 12.5. The van der Waals surface area contributed by atoms with Crippen molar-refractivity contribution in [3.05, 3.63) is 35.9 Å². The molecule has 1 fully saturated rings. The molecule has 0 saturated heterocycles. The van der Waals surface area contributed by atoms with Crippen LogP contribution in [0.3, 0.4) is 0 Å². The lowest BCUT2D eigenvalue weighted by Gasteiger charge is -2.40. The fourth-order valence-electron chi connectivity index (χ4n) is 3.23. The van der Waals surface area contributed by atoms with Gasteiger partial charge in [0.2, 0.25) is 5.60 Å². The van der Waals surface area contributed by atoms with Crippen molar-refractivity contribution < 1.29 is 19.1 Å². The molecular weight excluding hydrogens is 304 g/mol. The van der Waals surface area contributed by atoms with E-state index in [2.05, 4.69) is 0 Å². The number of carbonyl (C=O) groups is 2. The van der Waals surface area contributed by atoms with Crippen molar-refractivity contribution in [1.29, 1.82) is 0 Å². The first-order chi connectivity index (χ1) is 10.6. The Morgan fingerprint density at radius 1 is 1.32 bits per heavy atom. The van der Waals surface area contributed by atoms with Crippen LogP contribution < -0.4 is 4.74 Å². The third-order valence-electron chi connectivity index (χ3n) is 4.42. The quantitative estimate of drug-likeness (QED) is 0.784. The standard InChI is InChI=1S/C17H17ClO4/c1-21-16(20)17(11-6-8-12(19)9-7-11)10-14(18)13-4-2-3-5-15(13)22-17/h2-5,10-11H,6-9H2,1H3. The van der Waals surface area contributed by atoms with Gasteiger partial charge in [-0.1, -0.05) is 23.7 Å². The molecule has 1 saturated carbocycles. The highest BCUT2D eigenvalue weighted by Crippen LogP contribution is 2.45. The Morgan fingerprint density at radius 2 is 2.00 bits per heavy atom. The van der Waals surface area contributed by atoms with E-state index in [9.17, 15) is 9.59 Å². The molecule has 116 valence electrons. The molecule has 1 unspecified atom stereocenters. The van der Waals surface area contributed by atoms with Gasteiger partial charge in [0.15, 0.2) is 0 Å². The number of methoxy groups -OCH3 is 1. The summed E-state index contributed by atoms with van der Waals surface area (Å²) in [5.74, 6) is 0.194. The summed E-state index contributed by atoms with van der Waals surface area (Å²) in [7, 11) is 1.34. The molecular formula is C17H17ClO4. The van der Waals surface area contributed by atoms with Gasteiger partial charge in [0.05, 0.1) is 12.1 Å². The molecule has 5 heteroatoms. The highest BCUT2D eigenvalue weighted by atomic mass is 35.5. The van der Waals surface area contributed by atoms with Crippen LogP contribution in [-0.4, -0.2) is 24.5 Å². The predicted octanol–water partition coefficient (Wildman–Crippen LogP) is 3.33. The fraction of sp³-hybridized carbons (Fsp3) is 0.412. The highest BCUT2D eigenvalue weighted by Gasteiger charge is 2.50. The largest absolute Gasteiger partial charge is 0.470 e. The number of rotatable bonds is 2. The molecule has 22 heavy (non-hydrogen) atoms. The number of benzene rings is 1. The van der Waals surface area contributed by atoms with E-state index in [4.69, 9.17) is 21.1 Å². The van der Waals surface area contributed by atoms with E-state index in [0.717, 1.165) is 5.56 Å². The highest BCUT2D eigenvalue weighted by molar-refractivity contribution is 6.49. The van der Waals surface area contributed by atoms with Crippen molar-refractivity contribution in [2.24, 2.45) is 5.92 Å². The SMILES string of the molecule is COC(=O)C1(C2CCC(=O)CC2)C=C(Cl)c2ccccc2O1. The van der Waals surface area contributed by atoms with E-state index in [-0.39, 0.29) is 11.7 Å². The second-order valence-electron chi connectivity index (χ2n) is 5.69. The van der Waals surface area contributed by atoms with Crippen LogP contribution in [0.15, 0.2) is 30.3 Å². The van der Waals surface area contributed by atoms with Crippen molar-refractivity contribution in [1.82, 2.24) is 0 Å². The van der Waals surface area contributed by atoms with Crippen LogP contribution in [0.25, 0.3) is 5.03 Å². The number of carbonyl (C=O) groups excluding carboxylic acids is 2. The van der Waals surface area contributed by atoms with E-state index >= 15 is 0 Å². The van der Waals surface area contributed by atoms with E-state index in [1.807, 2.05) is 18.2 Å². The number of esters is 1. The molecule has 1 aliphatic carbocycles. The summed E-state index contributed by atoms with van der Waals surface area (Å²) in [5.41, 5.74) is -0.489. The minimum Gasteiger partial charge on any atom is -0.470 e. The minimum absolute atomic E-state index is 0.125. The normalized spacial score (nSPS) is 25.0. The van der Waals surface area contributed by atoms with Gasteiger partial charge in [-0.05, 0) is 31.1 Å². The molecule has 0 spiro atoms. The molecule has 1 heterocycles. The molecule has 2 aliphatic rings. The zero-order valence-corrected chi connectivity index (χ0v) is 13.1. The predicted molar refractivity (Wildman–Crippen MR) is 82.6 cm³/mol. The van der Waals surface area contributed by atoms with Crippen molar-refractivity contribution in [2.45, 2.75) is 31.3 Å². The van der Waals surface area contributed by atoms with Gasteiger partial charge in [0.25, 0.3) is 0 Å². The number of ketones is 1. The summed E-state index contributed by atoms with van der Waals surface area (Å²) in [6, 6.07) is 7.33. The fourth-order valence-corrected chi connectivity index (χ4v) is 3.55. The lowest BCUT2D eigenvalue weighted by Crippen LogP contribution is -2.52. The second kappa shape index (κ2) is 5.76. The molecule has 4 nitrogen and oxygen atoms in total. The van der Waals surface area contributed by atoms with Crippen LogP contribution in [0.5, 0.6) is 5.75 Å². The summed E-state index contributed by atoms with van der Waals surface area (Å²) in [5, 5.41) is 0.476. The molecule has 3 rings (SSSR count). The number of halogens is 1. The van der Waals surface area contributed by atoms with Crippen molar-refractivity contribution >= 4 is 28.4 Å². The van der Waals surface area contributed by atoms with Crippen LogP contribution in [0.1, 0.15) is 31.2 Å². The number of hydrogen-bond donors (Lipinski definition) is 0. The third kappa shape index (κ3) is 2.41. The van der Waals surface area contributed by atoms with Gasteiger partial charge in [0.1, 0.15) is 11.5 Å². The first kappa shape index (κ1) is 15.1. The van der Waals surface area contributed by atoms with Gasteiger partial charge in [-0.15, -0.1) is 0 Å². The summed E-state index contributed by atoms with van der Waals surface area (Å²) in [4.78, 5) is 24.0. The second-order valence-corrected chi connectivity index (χ2v) is 6.10. The first-order valence-corrected chi connectivity index (χ1v) is 7.71. The summed E-state index contributed by atoms with van der Waals surface area (Å²) in [6.07, 6.45) is 3.75.